The minimum Gasteiger partial charge on any atom is -0.462 e. The molecule has 3 aromatic carbocycles. The molecule has 0 saturated heterocycles. The van der Waals surface area contributed by atoms with Gasteiger partial charge < -0.3 is 4.74 Å². The molecule has 0 radical (unpaired) electrons. The SMILES string of the molecule is CCOC(=O)c1ccc(S(=O)(=O)Nc2cc(-c3ccc(C)cc3)nn2-c2ccccc2)cc1. The van der Waals surface area contributed by atoms with Gasteiger partial charge in [0.15, 0.2) is 0 Å². The summed E-state index contributed by atoms with van der Waals surface area (Å²) >= 11 is 0. The van der Waals surface area contributed by atoms with Crippen LogP contribution in [0.3, 0.4) is 0 Å². The van der Waals surface area contributed by atoms with E-state index in [2.05, 4.69) is 9.82 Å². The average Bonchev–Trinajstić information content (AvgIpc) is 3.23. The number of carbonyl (C=O) groups is 1. The van der Waals surface area contributed by atoms with Crippen LogP contribution in [0, 0.1) is 6.92 Å². The number of aryl methyl sites for hydroxylation is 1. The molecule has 0 aliphatic rings. The number of aromatic nitrogens is 2. The third-order valence-corrected chi connectivity index (χ3v) is 6.34. The normalized spacial score (nSPS) is 11.2. The molecule has 4 aromatic rings. The Morgan fingerprint density at radius 2 is 1.64 bits per heavy atom. The topological polar surface area (TPSA) is 90.3 Å². The van der Waals surface area contributed by atoms with Crippen molar-refractivity contribution in [2.75, 3.05) is 11.3 Å². The smallest absolute Gasteiger partial charge is 0.338 e. The highest BCUT2D eigenvalue weighted by atomic mass is 32.2. The first-order valence-corrected chi connectivity index (χ1v) is 11.9. The highest BCUT2D eigenvalue weighted by Crippen LogP contribution is 2.27. The first-order chi connectivity index (χ1) is 15.9. The predicted molar refractivity (Wildman–Crippen MR) is 127 cm³/mol. The second-order valence-electron chi connectivity index (χ2n) is 7.38. The average molecular weight is 462 g/mol. The number of nitrogens with zero attached hydrogens (tertiary/aromatic N) is 2. The molecule has 0 saturated carbocycles. The van der Waals surface area contributed by atoms with E-state index in [1.54, 1.807) is 17.7 Å². The zero-order valence-corrected chi connectivity index (χ0v) is 19.0. The Balaban J connectivity index is 1.70. The van der Waals surface area contributed by atoms with Gasteiger partial charge in [-0.05, 0) is 50.2 Å². The van der Waals surface area contributed by atoms with Gasteiger partial charge in [0.05, 0.1) is 28.4 Å². The third kappa shape index (κ3) is 4.96. The number of sulfonamides is 1. The van der Waals surface area contributed by atoms with E-state index >= 15 is 0 Å². The molecule has 33 heavy (non-hydrogen) atoms. The molecule has 1 heterocycles. The number of esters is 1. The Bertz CT molecular complexity index is 1360. The van der Waals surface area contributed by atoms with Gasteiger partial charge in [0, 0.05) is 11.6 Å². The minimum absolute atomic E-state index is 0.0215. The summed E-state index contributed by atoms with van der Waals surface area (Å²) in [7, 11) is -3.94. The van der Waals surface area contributed by atoms with Crippen LogP contribution in [-0.2, 0) is 14.8 Å². The van der Waals surface area contributed by atoms with Crippen LogP contribution in [-0.4, -0.2) is 30.8 Å². The second kappa shape index (κ2) is 9.30. The molecule has 0 aliphatic carbocycles. The molecule has 4 rings (SSSR count). The summed E-state index contributed by atoms with van der Waals surface area (Å²) in [4.78, 5) is 11.9. The van der Waals surface area contributed by atoms with Crippen LogP contribution < -0.4 is 4.72 Å². The molecule has 0 amide bonds. The molecule has 0 bridgehead atoms. The number of benzene rings is 3. The van der Waals surface area contributed by atoms with Gasteiger partial charge in [-0.1, -0.05) is 48.0 Å². The zero-order chi connectivity index (χ0) is 23.4. The van der Waals surface area contributed by atoms with Crippen molar-refractivity contribution in [2.24, 2.45) is 0 Å². The Morgan fingerprint density at radius 3 is 2.27 bits per heavy atom. The molecule has 0 fully saturated rings. The monoisotopic (exact) mass is 461 g/mol. The van der Waals surface area contributed by atoms with Crippen molar-refractivity contribution in [1.29, 1.82) is 0 Å². The number of ether oxygens (including phenoxy) is 1. The van der Waals surface area contributed by atoms with E-state index in [1.807, 2.05) is 61.5 Å². The Labute approximate surface area is 192 Å². The fraction of sp³-hybridized carbons (Fsp3) is 0.120. The Hall–Kier alpha value is -3.91. The van der Waals surface area contributed by atoms with E-state index in [1.165, 1.54) is 24.3 Å². The van der Waals surface area contributed by atoms with E-state index in [9.17, 15) is 13.2 Å². The van der Waals surface area contributed by atoms with E-state index < -0.39 is 16.0 Å². The lowest BCUT2D eigenvalue weighted by Crippen LogP contribution is -2.16. The van der Waals surface area contributed by atoms with Crippen molar-refractivity contribution in [3.63, 3.8) is 0 Å². The predicted octanol–water partition coefficient (Wildman–Crippen LogP) is 4.83. The Kier molecular flexibility index (Phi) is 6.28. The summed E-state index contributed by atoms with van der Waals surface area (Å²) in [5.41, 5.74) is 3.62. The van der Waals surface area contributed by atoms with Crippen molar-refractivity contribution in [1.82, 2.24) is 9.78 Å². The maximum absolute atomic E-state index is 13.1. The van der Waals surface area contributed by atoms with E-state index in [0.29, 0.717) is 17.2 Å². The number of rotatable bonds is 7. The van der Waals surface area contributed by atoms with Gasteiger partial charge >= 0.3 is 5.97 Å². The minimum atomic E-state index is -3.94. The number of para-hydroxylation sites is 1. The van der Waals surface area contributed by atoms with Gasteiger partial charge in [0.1, 0.15) is 5.82 Å². The van der Waals surface area contributed by atoms with Crippen LogP contribution in [0.2, 0.25) is 0 Å². The van der Waals surface area contributed by atoms with E-state index in [4.69, 9.17) is 4.74 Å². The molecular formula is C25H23N3O4S. The molecule has 0 spiro atoms. The number of anilines is 1. The lowest BCUT2D eigenvalue weighted by atomic mass is 10.1. The summed E-state index contributed by atoms with van der Waals surface area (Å²) < 4.78 is 35.4. The Morgan fingerprint density at radius 1 is 0.970 bits per heavy atom. The van der Waals surface area contributed by atoms with Gasteiger partial charge in [0.2, 0.25) is 0 Å². The highest BCUT2D eigenvalue weighted by Gasteiger charge is 2.20. The maximum Gasteiger partial charge on any atom is 0.338 e. The quantitative estimate of drug-likeness (QED) is 0.398. The summed E-state index contributed by atoms with van der Waals surface area (Å²) in [6.07, 6.45) is 0. The molecule has 1 N–H and O–H groups in total. The van der Waals surface area contributed by atoms with Crippen LogP contribution in [0.4, 0.5) is 5.82 Å². The number of hydrogen-bond acceptors (Lipinski definition) is 5. The molecule has 8 heteroatoms. The maximum atomic E-state index is 13.1. The zero-order valence-electron chi connectivity index (χ0n) is 18.2. The van der Waals surface area contributed by atoms with Crippen LogP contribution in [0.25, 0.3) is 16.9 Å². The number of carbonyl (C=O) groups excluding carboxylic acids is 1. The van der Waals surface area contributed by atoms with Crippen LogP contribution in [0.1, 0.15) is 22.8 Å². The fourth-order valence-corrected chi connectivity index (χ4v) is 4.30. The summed E-state index contributed by atoms with van der Waals surface area (Å²) in [5, 5.41) is 4.64. The second-order valence-corrected chi connectivity index (χ2v) is 9.06. The number of nitrogens with one attached hydrogen (secondary N) is 1. The van der Waals surface area contributed by atoms with Gasteiger partial charge in [-0.15, -0.1) is 0 Å². The molecule has 1 aromatic heterocycles. The molecule has 0 unspecified atom stereocenters. The molecule has 168 valence electrons. The van der Waals surface area contributed by atoms with Crippen LogP contribution in [0.5, 0.6) is 0 Å². The third-order valence-electron chi connectivity index (χ3n) is 4.97. The highest BCUT2D eigenvalue weighted by molar-refractivity contribution is 7.92. The summed E-state index contributed by atoms with van der Waals surface area (Å²) in [6.45, 7) is 3.95. The molecule has 0 aliphatic heterocycles. The van der Waals surface area contributed by atoms with Crippen molar-refractivity contribution in [3.05, 3.63) is 96.1 Å². The van der Waals surface area contributed by atoms with E-state index in [-0.39, 0.29) is 17.1 Å². The fourth-order valence-electron chi connectivity index (χ4n) is 3.27. The van der Waals surface area contributed by atoms with Crippen LogP contribution >= 0.6 is 0 Å². The van der Waals surface area contributed by atoms with Crippen LogP contribution in [0.15, 0.2) is 89.8 Å². The van der Waals surface area contributed by atoms with Gasteiger partial charge in [0.25, 0.3) is 10.0 Å². The lowest BCUT2D eigenvalue weighted by Gasteiger charge is -2.11. The van der Waals surface area contributed by atoms with Crippen molar-refractivity contribution in [2.45, 2.75) is 18.7 Å². The molecule has 7 nitrogen and oxygen atoms in total. The molecular weight excluding hydrogens is 438 g/mol. The van der Waals surface area contributed by atoms with Gasteiger partial charge in [-0.25, -0.2) is 17.9 Å². The lowest BCUT2D eigenvalue weighted by molar-refractivity contribution is 0.0526. The molecule has 0 atom stereocenters. The summed E-state index contributed by atoms with van der Waals surface area (Å²) in [6, 6.07) is 24.4. The summed E-state index contributed by atoms with van der Waals surface area (Å²) in [5.74, 6) is -0.203. The van der Waals surface area contributed by atoms with Crippen molar-refractivity contribution in [3.8, 4) is 16.9 Å². The largest absolute Gasteiger partial charge is 0.462 e. The first kappa shape index (κ1) is 22.3. The van der Waals surface area contributed by atoms with Gasteiger partial charge in [-0.3, -0.25) is 4.72 Å². The standard InChI is InChI=1S/C25H23N3O4S/c1-3-32-25(29)20-13-15-22(16-14-20)33(30,31)27-24-17-23(19-11-9-18(2)10-12-19)26-28(24)21-7-5-4-6-8-21/h4-17,27H,3H2,1-2H3. The number of hydrogen-bond donors (Lipinski definition) is 1. The first-order valence-electron chi connectivity index (χ1n) is 10.4. The van der Waals surface area contributed by atoms with Crippen molar-refractivity contribution >= 4 is 21.8 Å². The van der Waals surface area contributed by atoms with E-state index in [0.717, 1.165) is 11.1 Å². The van der Waals surface area contributed by atoms with Crippen molar-refractivity contribution < 1.29 is 17.9 Å². The van der Waals surface area contributed by atoms with Gasteiger partial charge in [-0.2, -0.15) is 5.10 Å².